The highest BCUT2D eigenvalue weighted by Gasteiger charge is 2.30. The zero-order valence-electron chi connectivity index (χ0n) is 15.6. The Hall–Kier alpha value is -2.97. The lowest BCUT2D eigenvalue weighted by Crippen LogP contribution is -2.18. The number of anilines is 2. The Bertz CT molecular complexity index is 832. The summed E-state index contributed by atoms with van der Waals surface area (Å²) in [7, 11) is 3.17. The van der Waals surface area contributed by atoms with Crippen LogP contribution in [0.15, 0.2) is 35.6 Å². The van der Waals surface area contributed by atoms with Crippen molar-refractivity contribution in [1.29, 1.82) is 0 Å². The van der Waals surface area contributed by atoms with Crippen molar-refractivity contribution < 1.29 is 22.6 Å². The Balaban J connectivity index is 1.77. The zero-order valence-corrected chi connectivity index (χ0v) is 15.6. The second-order valence-corrected chi connectivity index (χ2v) is 6.26. The highest BCUT2D eigenvalue weighted by molar-refractivity contribution is 5.87. The molecule has 1 aliphatic rings. The number of pyridine rings is 1. The molecule has 0 bridgehead atoms. The Labute approximate surface area is 161 Å². The third kappa shape index (κ3) is 4.47. The molecule has 6 nitrogen and oxygen atoms in total. The van der Waals surface area contributed by atoms with Crippen molar-refractivity contribution in [3.05, 3.63) is 41.6 Å². The van der Waals surface area contributed by atoms with Crippen LogP contribution in [0, 0.1) is 0 Å². The summed E-state index contributed by atoms with van der Waals surface area (Å²) in [5, 5.41) is 4.05. The predicted octanol–water partition coefficient (Wildman–Crippen LogP) is 4.16. The number of alkyl halides is 3. The molecule has 28 heavy (non-hydrogen) atoms. The van der Waals surface area contributed by atoms with E-state index in [4.69, 9.17) is 9.47 Å². The first-order valence-electron chi connectivity index (χ1n) is 8.75. The van der Waals surface area contributed by atoms with Crippen molar-refractivity contribution >= 4 is 17.7 Å². The highest BCUT2D eigenvalue weighted by atomic mass is 19.4. The molecule has 9 heteroatoms. The van der Waals surface area contributed by atoms with Crippen molar-refractivity contribution in [2.75, 3.05) is 37.6 Å². The van der Waals surface area contributed by atoms with Gasteiger partial charge in [0.15, 0.2) is 0 Å². The van der Waals surface area contributed by atoms with E-state index in [9.17, 15) is 13.2 Å². The maximum Gasteiger partial charge on any atom is 0.417 e. The molecule has 1 saturated heterocycles. The summed E-state index contributed by atoms with van der Waals surface area (Å²) in [5.74, 6) is 1.52. The van der Waals surface area contributed by atoms with E-state index in [-0.39, 0.29) is 5.82 Å². The quantitative estimate of drug-likeness (QED) is 0.589. The summed E-state index contributed by atoms with van der Waals surface area (Å²) in [6.45, 7) is 1.93. The van der Waals surface area contributed by atoms with Crippen LogP contribution in [0.1, 0.15) is 24.0 Å². The van der Waals surface area contributed by atoms with Gasteiger partial charge >= 0.3 is 6.18 Å². The summed E-state index contributed by atoms with van der Waals surface area (Å²) < 4.78 is 48.7. The van der Waals surface area contributed by atoms with Gasteiger partial charge in [-0.25, -0.2) is 4.98 Å². The van der Waals surface area contributed by atoms with Gasteiger partial charge in [0.2, 0.25) is 0 Å². The maximum absolute atomic E-state index is 12.6. The van der Waals surface area contributed by atoms with Crippen LogP contribution in [-0.2, 0) is 6.18 Å². The van der Waals surface area contributed by atoms with Crippen LogP contribution >= 0.6 is 0 Å². The number of nitrogens with one attached hydrogen (secondary N) is 1. The summed E-state index contributed by atoms with van der Waals surface area (Å²) in [6.07, 6.45) is 0.119. The average molecular weight is 394 g/mol. The Morgan fingerprint density at radius 3 is 2.39 bits per heavy atom. The molecular weight excluding hydrogens is 373 g/mol. The third-order valence-corrected chi connectivity index (χ3v) is 4.45. The Morgan fingerprint density at radius 2 is 1.82 bits per heavy atom. The van der Waals surface area contributed by atoms with E-state index in [1.54, 1.807) is 14.2 Å². The maximum atomic E-state index is 12.6. The molecule has 1 aromatic heterocycles. The molecule has 2 aromatic rings. The molecule has 1 N–H and O–H groups in total. The monoisotopic (exact) mass is 394 g/mol. The molecule has 0 spiro atoms. The van der Waals surface area contributed by atoms with Gasteiger partial charge in [0.05, 0.1) is 31.7 Å². The van der Waals surface area contributed by atoms with E-state index in [2.05, 4.69) is 20.4 Å². The smallest absolute Gasteiger partial charge is 0.417 e. The number of rotatable bonds is 6. The largest absolute Gasteiger partial charge is 0.496 e. The fourth-order valence-corrected chi connectivity index (χ4v) is 3.01. The van der Waals surface area contributed by atoms with Crippen LogP contribution in [0.25, 0.3) is 0 Å². The first-order valence-corrected chi connectivity index (χ1v) is 8.75. The van der Waals surface area contributed by atoms with Crippen LogP contribution in [0.5, 0.6) is 11.5 Å². The first kappa shape index (κ1) is 19.8. The SMILES string of the molecule is COc1cc(N2CCCC2)c(OC)cc1/C=N/Nc1ccc(C(F)(F)F)cn1. The molecular formula is C19H21F3N4O2. The lowest BCUT2D eigenvalue weighted by Gasteiger charge is -2.22. The standard InChI is InChI=1S/C19H21F3N4O2/c1-27-16-10-15(26-7-3-4-8-26)17(28-2)9-13(16)11-24-25-18-6-5-14(12-23-18)19(20,21)22/h5-6,9-12H,3-4,7-8H2,1-2H3,(H,23,25)/b24-11+. The van der Waals surface area contributed by atoms with E-state index in [1.165, 1.54) is 12.3 Å². The lowest BCUT2D eigenvalue weighted by molar-refractivity contribution is -0.137. The van der Waals surface area contributed by atoms with Crippen LogP contribution < -0.4 is 19.8 Å². The van der Waals surface area contributed by atoms with E-state index >= 15 is 0 Å². The molecule has 0 saturated carbocycles. The van der Waals surface area contributed by atoms with Crippen LogP contribution in [0.4, 0.5) is 24.7 Å². The number of nitrogens with zero attached hydrogens (tertiary/aromatic N) is 3. The highest BCUT2D eigenvalue weighted by Crippen LogP contribution is 2.36. The van der Waals surface area contributed by atoms with Gasteiger partial charge < -0.3 is 14.4 Å². The molecule has 0 unspecified atom stereocenters. The second-order valence-electron chi connectivity index (χ2n) is 6.26. The molecule has 0 atom stereocenters. The molecule has 1 aromatic carbocycles. The number of ether oxygens (including phenoxy) is 2. The fraction of sp³-hybridized carbons (Fsp3) is 0.368. The van der Waals surface area contributed by atoms with Crippen LogP contribution in [0.2, 0.25) is 0 Å². The molecule has 0 amide bonds. The minimum atomic E-state index is -4.42. The lowest BCUT2D eigenvalue weighted by atomic mass is 10.1. The number of halogens is 3. The van der Waals surface area contributed by atoms with Gasteiger partial charge in [-0.2, -0.15) is 18.3 Å². The predicted molar refractivity (Wildman–Crippen MR) is 101 cm³/mol. The van der Waals surface area contributed by atoms with Crippen molar-refractivity contribution in [3.8, 4) is 11.5 Å². The zero-order chi connectivity index (χ0) is 20.1. The van der Waals surface area contributed by atoms with Gasteiger partial charge in [-0.1, -0.05) is 0 Å². The van der Waals surface area contributed by atoms with E-state index in [1.807, 2.05) is 12.1 Å². The number of benzene rings is 1. The summed E-state index contributed by atoms with van der Waals surface area (Å²) in [5.41, 5.74) is 3.43. The molecule has 150 valence electrons. The van der Waals surface area contributed by atoms with Crippen LogP contribution in [0.3, 0.4) is 0 Å². The van der Waals surface area contributed by atoms with Gasteiger partial charge in [0.1, 0.15) is 17.3 Å². The summed E-state index contributed by atoms with van der Waals surface area (Å²) in [6, 6.07) is 5.88. The average Bonchev–Trinajstić information content (AvgIpc) is 3.22. The summed E-state index contributed by atoms with van der Waals surface area (Å²) in [4.78, 5) is 5.95. The normalized spacial score (nSPS) is 14.5. The number of hydrazone groups is 1. The van der Waals surface area contributed by atoms with Crippen molar-refractivity contribution in [1.82, 2.24) is 4.98 Å². The molecule has 1 fully saturated rings. The van der Waals surface area contributed by atoms with Crippen molar-refractivity contribution in [3.63, 3.8) is 0 Å². The number of methoxy groups -OCH3 is 2. The first-order chi connectivity index (χ1) is 13.4. The van der Waals surface area contributed by atoms with Crippen molar-refractivity contribution in [2.45, 2.75) is 19.0 Å². The van der Waals surface area contributed by atoms with E-state index < -0.39 is 11.7 Å². The van der Waals surface area contributed by atoms with Crippen LogP contribution in [-0.4, -0.2) is 38.5 Å². The fourth-order valence-electron chi connectivity index (χ4n) is 3.01. The van der Waals surface area contributed by atoms with Gasteiger partial charge in [0, 0.05) is 30.9 Å². The van der Waals surface area contributed by atoms with Crippen molar-refractivity contribution in [2.24, 2.45) is 5.10 Å². The Kier molecular flexibility index (Phi) is 5.91. The molecule has 1 aliphatic heterocycles. The minimum Gasteiger partial charge on any atom is -0.496 e. The summed E-state index contributed by atoms with van der Waals surface area (Å²) >= 11 is 0. The van der Waals surface area contributed by atoms with E-state index in [0.29, 0.717) is 17.1 Å². The molecule has 0 aliphatic carbocycles. The van der Waals surface area contributed by atoms with Gasteiger partial charge in [-0.15, -0.1) is 0 Å². The number of hydrogen-bond donors (Lipinski definition) is 1. The topological polar surface area (TPSA) is 59.0 Å². The molecule has 3 rings (SSSR count). The molecule has 2 heterocycles. The third-order valence-electron chi connectivity index (χ3n) is 4.45. The Morgan fingerprint density at radius 1 is 1.11 bits per heavy atom. The second kappa shape index (κ2) is 8.37. The van der Waals surface area contributed by atoms with E-state index in [0.717, 1.165) is 43.9 Å². The van der Waals surface area contributed by atoms with Gasteiger partial charge in [0.25, 0.3) is 0 Å². The molecule has 0 radical (unpaired) electrons. The van der Waals surface area contributed by atoms with Gasteiger partial charge in [-0.3, -0.25) is 5.43 Å². The minimum absolute atomic E-state index is 0.198. The number of aromatic nitrogens is 1. The van der Waals surface area contributed by atoms with Gasteiger partial charge in [-0.05, 0) is 31.0 Å². The number of hydrogen-bond acceptors (Lipinski definition) is 6.